The third-order valence-corrected chi connectivity index (χ3v) is 2.50. The van der Waals surface area contributed by atoms with Gasteiger partial charge >= 0.3 is 6.18 Å². The largest absolute Gasteiger partial charge is 0.417 e. The average molecular weight is 302 g/mol. The lowest BCUT2D eigenvalue weighted by Gasteiger charge is -2.05. The molecule has 2 aromatic heterocycles. The van der Waals surface area contributed by atoms with Crippen molar-refractivity contribution in [2.45, 2.75) is 12.7 Å². The number of nitrogens with two attached hydrogens (primary N) is 1. The van der Waals surface area contributed by atoms with Crippen LogP contribution in [0.2, 0.25) is 0 Å². The first-order chi connectivity index (χ1) is 7.43. The normalized spacial score (nSPS) is 10.9. The van der Waals surface area contributed by atoms with Crippen LogP contribution in [0.15, 0.2) is 18.3 Å². The Morgan fingerprint density at radius 1 is 1.28 bits per heavy atom. The number of aryl methyl sites for hydroxylation is 1. The Balaban J connectivity index is 0.00000144. The fourth-order valence-electron chi connectivity index (χ4n) is 1.62. The van der Waals surface area contributed by atoms with Crippen LogP contribution in [-0.4, -0.2) is 9.55 Å². The Kier molecular flexibility index (Phi) is 5.46. The third-order valence-electron chi connectivity index (χ3n) is 2.50. The molecule has 0 spiro atoms. The molecular weight excluding hydrogens is 290 g/mol. The lowest BCUT2D eigenvalue weighted by atomic mass is 10.2. The maximum absolute atomic E-state index is 12.4. The predicted octanol–water partition coefficient (Wildman–Crippen LogP) is 2.89. The molecule has 18 heavy (non-hydrogen) atoms. The summed E-state index contributed by atoms with van der Waals surface area (Å²) in [6, 6.07) is 2.71. The zero-order valence-electron chi connectivity index (χ0n) is 9.36. The fraction of sp³-hybridized carbons (Fsp3) is 0.300. The smallest absolute Gasteiger partial charge is 0.331 e. The summed E-state index contributed by atoms with van der Waals surface area (Å²) in [5.41, 5.74) is 5.99. The Hall–Kier alpha value is -0.980. The molecule has 0 aromatic carbocycles. The molecule has 3 nitrogen and oxygen atoms in total. The first-order valence-electron chi connectivity index (χ1n) is 4.65. The molecule has 0 amide bonds. The zero-order valence-corrected chi connectivity index (χ0v) is 11.0. The maximum atomic E-state index is 12.4. The maximum Gasteiger partial charge on any atom is 0.417 e. The number of alkyl halides is 3. The highest BCUT2D eigenvalue weighted by atomic mass is 35.5. The molecule has 0 radical (unpaired) electrons. The van der Waals surface area contributed by atoms with Crippen LogP contribution in [0.4, 0.5) is 13.2 Å². The van der Waals surface area contributed by atoms with Crippen molar-refractivity contribution in [2.75, 3.05) is 0 Å². The second-order valence-corrected chi connectivity index (χ2v) is 3.53. The summed E-state index contributed by atoms with van der Waals surface area (Å²) in [5, 5.41) is 0.456. The quantitative estimate of drug-likeness (QED) is 0.880. The van der Waals surface area contributed by atoms with E-state index >= 15 is 0 Å². The van der Waals surface area contributed by atoms with E-state index in [1.165, 1.54) is 0 Å². The number of aromatic nitrogens is 2. The van der Waals surface area contributed by atoms with E-state index in [0.717, 1.165) is 18.0 Å². The van der Waals surface area contributed by atoms with Gasteiger partial charge in [-0.25, -0.2) is 4.98 Å². The summed E-state index contributed by atoms with van der Waals surface area (Å²) in [6.45, 7) is 0.272. The van der Waals surface area contributed by atoms with Gasteiger partial charge in [0.2, 0.25) is 0 Å². The van der Waals surface area contributed by atoms with E-state index < -0.39 is 11.7 Å². The molecule has 0 aliphatic rings. The Morgan fingerprint density at radius 3 is 2.39 bits per heavy atom. The predicted molar refractivity (Wildman–Crippen MR) is 68.1 cm³/mol. The van der Waals surface area contributed by atoms with Crippen molar-refractivity contribution in [3.8, 4) is 0 Å². The molecular formula is C10H12Cl2F3N3. The molecule has 102 valence electrons. The lowest BCUT2D eigenvalue weighted by Crippen LogP contribution is -2.06. The molecule has 0 aliphatic heterocycles. The van der Waals surface area contributed by atoms with Gasteiger partial charge in [-0.15, -0.1) is 24.8 Å². The number of hydrogen-bond acceptors (Lipinski definition) is 2. The van der Waals surface area contributed by atoms with Gasteiger partial charge in [0, 0.05) is 30.9 Å². The van der Waals surface area contributed by atoms with Crippen LogP contribution in [0.25, 0.3) is 11.0 Å². The Bertz CT molecular complexity index is 537. The van der Waals surface area contributed by atoms with E-state index in [2.05, 4.69) is 4.98 Å². The topological polar surface area (TPSA) is 43.8 Å². The third kappa shape index (κ3) is 2.88. The minimum atomic E-state index is -4.36. The molecule has 0 saturated carbocycles. The van der Waals surface area contributed by atoms with Crippen molar-refractivity contribution in [3.63, 3.8) is 0 Å². The first-order valence-corrected chi connectivity index (χ1v) is 4.65. The molecule has 0 fully saturated rings. The molecule has 0 atom stereocenters. The molecule has 2 heterocycles. The van der Waals surface area contributed by atoms with Gasteiger partial charge in [-0.2, -0.15) is 13.2 Å². The standard InChI is InChI=1S/C10H10F3N3.2ClH/c1-16-8(4-14)3-6-2-7(10(11,12)13)5-15-9(6)16;;/h2-3,5H,4,14H2,1H3;2*1H. The summed E-state index contributed by atoms with van der Waals surface area (Å²) in [5.74, 6) is 0. The van der Waals surface area contributed by atoms with E-state index in [1.807, 2.05) is 0 Å². The van der Waals surface area contributed by atoms with E-state index in [0.29, 0.717) is 11.0 Å². The molecule has 0 saturated heterocycles. The Labute approximate surface area is 114 Å². The fourth-order valence-corrected chi connectivity index (χ4v) is 1.62. The Morgan fingerprint density at radius 2 is 1.89 bits per heavy atom. The second kappa shape index (κ2) is 5.77. The summed E-state index contributed by atoms with van der Waals surface area (Å²) >= 11 is 0. The van der Waals surface area contributed by atoms with Gasteiger partial charge in [-0.3, -0.25) is 0 Å². The minimum Gasteiger partial charge on any atom is -0.331 e. The highest BCUT2D eigenvalue weighted by Gasteiger charge is 2.31. The van der Waals surface area contributed by atoms with Crippen LogP contribution < -0.4 is 5.73 Å². The van der Waals surface area contributed by atoms with Gasteiger partial charge in [0.05, 0.1) is 5.56 Å². The van der Waals surface area contributed by atoms with Crippen LogP contribution in [0, 0.1) is 0 Å². The lowest BCUT2D eigenvalue weighted by molar-refractivity contribution is -0.137. The molecule has 2 rings (SSSR count). The van der Waals surface area contributed by atoms with Crippen molar-refractivity contribution in [3.05, 3.63) is 29.6 Å². The number of hydrogen-bond donors (Lipinski definition) is 1. The highest BCUT2D eigenvalue weighted by molar-refractivity contribution is 5.85. The molecule has 0 aliphatic carbocycles. The highest BCUT2D eigenvalue weighted by Crippen LogP contribution is 2.30. The SMILES string of the molecule is Cl.Cl.Cn1c(CN)cc2cc(C(F)(F)F)cnc21. The molecule has 2 aromatic rings. The van der Waals surface area contributed by atoms with Crippen molar-refractivity contribution in [1.29, 1.82) is 0 Å². The van der Waals surface area contributed by atoms with Gasteiger partial charge in [0.25, 0.3) is 0 Å². The van der Waals surface area contributed by atoms with Crippen LogP contribution in [0.5, 0.6) is 0 Å². The van der Waals surface area contributed by atoms with Crippen molar-refractivity contribution in [1.82, 2.24) is 9.55 Å². The zero-order chi connectivity index (χ0) is 11.9. The molecule has 2 N–H and O–H groups in total. The van der Waals surface area contributed by atoms with Crippen LogP contribution >= 0.6 is 24.8 Å². The van der Waals surface area contributed by atoms with E-state index in [9.17, 15) is 13.2 Å². The molecule has 0 unspecified atom stereocenters. The van der Waals surface area contributed by atoms with Crippen molar-refractivity contribution in [2.24, 2.45) is 12.8 Å². The van der Waals surface area contributed by atoms with E-state index in [1.54, 1.807) is 17.7 Å². The second-order valence-electron chi connectivity index (χ2n) is 3.53. The monoisotopic (exact) mass is 301 g/mol. The summed E-state index contributed by atoms with van der Waals surface area (Å²) in [6.07, 6.45) is -3.53. The van der Waals surface area contributed by atoms with Crippen LogP contribution in [0.1, 0.15) is 11.3 Å². The van der Waals surface area contributed by atoms with E-state index in [4.69, 9.17) is 5.73 Å². The van der Waals surface area contributed by atoms with Gasteiger partial charge in [0.1, 0.15) is 5.65 Å². The summed E-state index contributed by atoms with van der Waals surface area (Å²) in [7, 11) is 1.73. The van der Waals surface area contributed by atoms with Crippen molar-refractivity contribution < 1.29 is 13.2 Å². The summed E-state index contributed by atoms with van der Waals surface area (Å²) < 4.78 is 39.0. The number of halogens is 5. The number of fused-ring (bicyclic) bond motifs is 1. The van der Waals surface area contributed by atoms with Gasteiger partial charge < -0.3 is 10.3 Å². The number of pyridine rings is 1. The minimum absolute atomic E-state index is 0. The van der Waals surface area contributed by atoms with Gasteiger partial charge in [0.15, 0.2) is 0 Å². The summed E-state index contributed by atoms with van der Waals surface area (Å²) in [4.78, 5) is 3.80. The number of rotatable bonds is 1. The molecule has 8 heteroatoms. The van der Waals surface area contributed by atoms with Crippen LogP contribution in [-0.2, 0) is 19.8 Å². The molecule has 0 bridgehead atoms. The number of nitrogens with zero attached hydrogens (tertiary/aromatic N) is 2. The van der Waals surface area contributed by atoms with E-state index in [-0.39, 0.29) is 31.4 Å². The van der Waals surface area contributed by atoms with Gasteiger partial charge in [-0.05, 0) is 12.1 Å². The van der Waals surface area contributed by atoms with Crippen LogP contribution in [0.3, 0.4) is 0 Å². The first kappa shape index (κ1) is 17.0. The average Bonchev–Trinajstić information content (AvgIpc) is 2.54. The van der Waals surface area contributed by atoms with Gasteiger partial charge in [-0.1, -0.05) is 0 Å². The van der Waals surface area contributed by atoms with Crippen molar-refractivity contribution >= 4 is 35.8 Å².